The highest BCUT2D eigenvalue weighted by molar-refractivity contribution is 5.82. The topological polar surface area (TPSA) is 91.4 Å². The highest BCUT2D eigenvalue weighted by Gasteiger charge is 2.12. The van der Waals surface area contributed by atoms with Gasteiger partial charge in [-0.2, -0.15) is 0 Å². The van der Waals surface area contributed by atoms with Gasteiger partial charge in [0.05, 0.1) is 17.0 Å². The summed E-state index contributed by atoms with van der Waals surface area (Å²) in [5, 5.41) is 11.4. The Morgan fingerprint density at radius 2 is 1.85 bits per heavy atom. The van der Waals surface area contributed by atoms with Gasteiger partial charge in [0, 0.05) is 30.0 Å². The van der Waals surface area contributed by atoms with Crippen LogP contribution < -0.4 is 5.56 Å². The third-order valence-corrected chi connectivity index (χ3v) is 3.97. The number of nitrogens with zero attached hydrogens (tertiary/aromatic N) is 2. The van der Waals surface area contributed by atoms with E-state index in [4.69, 9.17) is 4.74 Å². The third-order valence-electron chi connectivity index (χ3n) is 3.97. The van der Waals surface area contributed by atoms with Crippen LogP contribution in [0.15, 0.2) is 65.5 Å². The van der Waals surface area contributed by atoms with E-state index in [9.17, 15) is 19.7 Å². The molecule has 0 saturated carbocycles. The van der Waals surface area contributed by atoms with Crippen LogP contribution in [0.3, 0.4) is 0 Å². The number of fused-ring (bicyclic) bond motifs is 1. The van der Waals surface area contributed by atoms with Gasteiger partial charge in [-0.15, -0.1) is 0 Å². The highest BCUT2D eigenvalue weighted by atomic mass is 16.6. The maximum atomic E-state index is 12.1. The number of carbonyl (C=O) groups excluding carboxylic acids is 1. The first-order valence-electron chi connectivity index (χ1n) is 8.02. The van der Waals surface area contributed by atoms with Crippen LogP contribution >= 0.6 is 0 Å². The molecule has 0 amide bonds. The van der Waals surface area contributed by atoms with Crippen molar-refractivity contribution in [2.45, 2.75) is 13.0 Å². The van der Waals surface area contributed by atoms with Gasteiger partial charge < -0.3 is 4.74 Å². The van der Waals surface area contributed by atoms with E-state index in [1.54, 1.807) is 0 Å². The van der Waals surface area contributed by atoms with Gasteiger partial charge in [0.25, 0.3) is 11.2 Å². The number of hydrogen-bond acceptors (Lipinski definition) is 5. The average molecular weight is 352 g/mol. The van der Waals surface area contributed by atoms with Crippen molar-refractivity contribution in [1.82, 2.24) is 4.57 Å². The summed E-state index contributed by atoms with van der Waals surface area (Å²) in [4.78, 5) is 34.6. The Balaban J connectivity index is 1.73. The third kappa shape index (κ3) is 3.94. The summed E-state index contributed by atoms with van der Waals surface area (Å²) in [7, 11) is 0. The van der Waals surface area contributed by atoms with Gasteiger partial charge in [0.1, 0.15) is 6.54 Å². The average Bonchev–Trinajstić information content (AvgIpc) is 2.64. The lowest BCUT2D eigenvalue weighted by atomic mass is 10.2. The maximum absolute atomic E-state index is 12.1. The van der Waals surface area contributed by atoms with Gasteiger partial charge in [0.15, 0.2) is 0 Å². The number of carbonyl (C=O) groups is 1. The molecule has 0 radical (unpaired) electrons. The van der Waals surface area contributed by atoms with Crippen LogP contribution in [0.5, 0.6) is 0 Å². The Labute approximate surface area is 148 Å². The summed E-state index contributed by atoms with van der Waals surface area (Å²) in [5.41, 5.74) is 1.05. The van der Waals surface area contributed by atoms with Crippen molar-refractivity contribution in [3.8, 4) is 0 Å². The van der Waals surface area contributed by atoms with Crippen molar-refractivity contribution in [2.24, 2.45) is 0 Å². The summed E-state index contributed by atoms with van der Waals surface area (Å²) in [6.07, 6.45) is 0.587. The molecule has 0 saturated heterocycles. The second kappa shape index (κ2) is 7.60. The molecule has 1 heterocycles. The maximum Gasteiger partial charge on any atom is 0.326 e. The number of ether oxygens (including phenoxy) is 1. The Morgan fingerprint density at radius 3 is 2.58 bits per heavy atom. The fourth-order valence-electron chi connectivity index (χ4n) is 2.67. The van der Waals surface area contributed by atoms with E-state index >= 15 is 0 Å². The Bertz CT molecular complexity index is 1010. The monoisotopic (exact) mass is 352 g/mol. The molecule has 2 aromatic carbocycles. The van der Waals surface area contributed by atoms with Gasteiger partial charge in [-0.3, -0.25) is 24.3 Å². The molecule has 0 aliphatic carbocycles. The largest absolute Gasteiger partial charge is 0.464 e. The molecule has 0 N–H and O–H groups in total. The van der Waals surface area contributed by atoms with E-state index in [-0.39, 0.29) is 24.4 Å². The van der Waals surface area contributed by atoms with Crippen molar-refractivity contribution in [3.63, 3.8) is 0 Å². The molecule has 0 spiro atoms. The number of benzene rings is 2. The molecule has 7 nitrogen and oxygen atoms in total. The lowest BCUT2D eigenvalue weighted by molar-refractivity contribution is -0.384. The molecule has 26 heavy (non-hydrogen) atoms. The first-order valence-corrected chi connectivity index (χ1v) is 8.02. The van der Waals surface area contributed by atoms with Crippen molar-refractivity contribution in [3.05, 3.63) is 86.7 Å². The van der Waals surface area contributed by atoms with Gasteiger partial charge in [0.2, 0.25) is 0 Å². The number of non-ortho nitro benzene ring substituents is 1. The molecule has 1 aromatic heterocycles. The minimum atomic E-state index is -0.533. The van der Waals surface area contributed by atoms with Gasteiger partial charge in [-0.25, -0.2) is 0 Å². The minimum absolute atomic E-state index is 0.0758. The second-order valence-electron chi connectivity index (χ2n) is 5.71. The number of hydrogen-bond donors (Lipinski definition) is 0. The molecule has 0 fully saturated rings. The van der Waals surface area contributed by atoms with Crippen LogP contribution in [-0.4, -0.2) is 22.1 Å². The highest BCUT2D eigenvalue weighted by Crippen LogP contribution is 2.19. The zero-order valence-electron chi connectivity index (χ0n) is 13.8. The number of rotatable bonds is 6. The molecule has 3 aromatic rings. The molecule has 0 aliphatic rings. The van der Waals surface area contributed by atoms with Crippen LogP contribution in [0.25, 0.3) is 10.9 Å². The lowest BCUT2D eigenvalue weighted by Gasteiger charge is -2.10. The van der Waals surface area contributed by atoms with Crippen LogP contribution in [0.4, 0.5) is 5.69 Å². The van der Waals surface area contributed by atoms with Gasteiger partial charge in [-0.1, -0.05) is 30.3 Å². The van der Waals surface area contributed by atoms with E-state index in [0.29, 0.717) is 17.3 Å². The quantitative estimate of drug-likeness (QED) is 0.386. The van der Waals surface area contributed by atoms with E-state index in [0.717, 1.165) is 5.56 Å². The number of nitro benzene ring substituents is 1. The number of esters is 1. The lowest BCUT2D eigenvalue weighted by Crippen LogP contribution is -2.25. The van der Waals surface area contributed by atoms with E-state index in [1.807, 2.05) is 30.3 Å². The molecular weight excluding hydrogens is 336 g/mol. The van der Waals surface area contributed by atoms with Gasteiger partial charge >= 0.3 is 5.97 Å². The Hall–Kier alpha value is -3.48. The zero-order valence-corrected chi connectivity index (χ0v) is 13.8. The van der Waals surface area contributed by atoms with E-state index < -0.39 is 10.9 Å². The Morgan fingerprint density at radius 1 is 1.08 bits per heavy atom. The summed E-state index contributed by atoms with van der Waals surface area (Å²) >= 11 is 0. The van der Waals surface area contributed by atoms with Crippen molar-refractivity contribution < 1.29 is 14.5 Å². The van der Waals surface area contributed by atoms with Crippen molar-refractivity contribution in [1.29, 1.82) is 0 Å². The number of pyridine rings is 1. The molecule has 0 atom stereocenters. The van der Waals surface area contributed by atoms with Gasteiger partial charge in [-0.05, 0) is 17.7 Å². The fraction of sp³-hybridized carbons (Fsp3) is 0.158. The molecule has 7 heteroatoms. The van der Waals surface area contributed by atoms with Crippen LogP contribution in [0.2, 0.25) is 0 Å². The molecule has 0 unspecified atom stereocenters. The smallest absolute Gasteiger partial charge is 0.326 e. The predicted octanol–water partition coefficient (Wildman–Crippen LogP) is 2.70. The Kier molecular flexibility index (Phi) is 5.07. The van der Waals surface area contributed by atoms with E-state index in [1.165, 1.54) is 34.9 Å². The summed E-state index contributed by atoms with van der Waals surface area (Å²) in [6, 6.07) is 16.5. The summed E-state index contributed by atoms with van der Waals surface area (Å²) < 4.78 is 6.46. The zero-order chi connectivity index (χ0) is 18.5. The normalized spacial score (nSPS) is 10.6. The standard InChI is InChI=1S/C19H16N2O5/c22-18-9-6-15-12-16(21(24)25)7-8-17(15)20(18)13-19(23)26-11-10-14-4-2-1-3-5-14/h1-9,12H,10-11,13H2. The first-order chi connectivity index (χ1) is 12.5. The van der Waals surface area contributed by atoms with E-state index in [2.05, 4.69) is 0 Å². The number of aromatic nitrogens is 1. The van der Waals surface area contributed by atoms with Crippen LogP contribution in [0.1, 0.15) is 5.56 Å². The molecule has 0 aliphatic heterocycles. The van der Waals surface area contributed by atoms with Crippen LogP contribution in [-0.2, 0) is 22.5 Å². The number of nitro groups is 1. The summed E-state index contributed by atoms with van der Waals surface area (Å²) in [5.74, 6) is -0.533. The summed E-state index contributed by atoms with van der Waals surface area (Å²) in [6.45, 7) is -0.0311. The molecule has 132 valence electrons. The molecule has 3 rings (SSSR count). The van der Waals surface area contributed by atoms with Crippen LogP contribution in [0, 0.1) is 10.1 Å². The molecular formula is C19H16N2O5. The fourth-order valence-corrected chi connectivity index (χ4v) is 2.67. The second-order valence-corrected chi connectivity index (χ2v) is 5.71. The minimum Gasteiger partial charge on any atom is -0.464 e. The molecule has 0 bridgehead atoms. The SMILES string of the molecule is O=C(Cn1c(=O)ccc2cc([N+](=O)[O-])ccc21)OCCc1ccccc1. The van der Waals surface area contributed by atoms with Crippen molar-refractivity contribution in [2.75, 3.05) is 6.61 Å². The van der Waals surface area contributed by atoms with Crippen molar-refractivity contribution >= 4 is 22.6 Å². The first kappa shape index (κ1) is 17.3. The predicted molar refractivity (Wildman–Crippen MR) is 96.0 cm³/mol.